The Balaban J connectivity index is 2.78. The number of hydrogen-bond acceptors (Lipinski definition) is 2. The minimum Gasteiger partial charge on any atom is -0.336 e. The summed E-state index contributed by atoms with van der Waals surface area (Å²) in [5.74, 6) is -0.986. The average molecular weight is 288 g/mol. The van der Waals surface area contributed by atoms with Crippen LogP contribution < -0.4 is 16.0 Å². The maximum atomic E-state index is 12.6. The second-order valence-electron chi connectivity index (χ2n) is 4.09. The quantitative estimate of drug-likeness (QED) is 0.745. The summed E-state index contributed by atoms with van der Waals surface area (Å²) in [5, 5.41) is 7.47. The number of hydrogen-bond donors (Lipinski definition) is 3. The van der Waals surface area contributed by atoms with E-state index in [2.05, 4.69) is 16.0 Å². The Labute approximate surface area is 115 Å². The maximum Gasteiger partial charge on any atom is 0.319 e. The van der Waals surface area contributed by atoms with Crippen LogP contribution in [0.5, 0.6) is 0 Å². The maximum absolute atomic E-state index is 12.6. The number of urea groups is 1. The lowest BCUT2D eigenvalue weighted by Gasteiger charge is -2.14. The Hall–Kier alpha value is -1.82. The molecule has 0 aliphatic carbocycles. The van der Waals surface area contributed by atoms with Crippen molar-refractivity contribution in [3.63, 3.8) is 0 Å². The molecule has 19 heavy (non-hydrogen) atoms. The largest absolute Gasteiger partial charge is 0.336 e. The molecule has 3 amide bonds. The number of alkyl halides is 2. The summed E-state index contributed by atoms with van der Waals surface area (Å²) in [5.41, 5.74) is -1.52. The van der Waals surface area contributed by atoms with Gasteiger partial charge in [0.1, 0.15) is 0 Å². The van der Waals surface area contributed by atoms with Crippen LogP contribution in [0.25, 0.3) is 0 Å². The van der Waals surface area contributed by atoms with Crippen molar-refractivity contribution in [3.05, 3.63) is 24.3 Å². The predicted molar refractivity (Wildman–Crippen MR) is 73.1 cm³/mol. The van der Waals surface area contributed by atoms with Gasteiger partial charge >= 0.3 is 6.03 Å². The number of nitrogens with one attached hydrogen (secondary N) is 3. The number of para-hydroxylation sites is 2. The fraction of sp³-hybridized carbons (Fsp3) is 0.333. The zero-order chi connectivity index (χ0) is 14.4. The van der Waals surface area contributed by atoms with Crippen LogP contribution in [0.1, 0.15) is 13.8 Å². The van der Waals surface area contributed by atoms with Crippen LogP contribution in [0.3, 0.4) is 0 Å². The highest BCUT2D eigenvalue weighted by Crippen LogP contribution is 2.21. The molecule has 0 saturated carbocycles. The number of benzene rings is 1. The summed E-state index contributed by atoms with van der Waals surface area (Å²) >= 11 is 5.03. The first kappa shape index (κ1) is 15.2. The molecular formula is C12H15ClFN3O2. The second-order valence-corrected chi connectivity index (χ2v) is 4.47. The number of carbonyl (C=O) groups is 2. The van der Waals surface area contributed by atoms with Crippen LogP contribution in [0.4, 0.5) is 20.6 Å². The normalized spacial score (nSPS) is 11.8. The molecular weight excluding hydrogens is 273 g/mol. The first-order chi connectivity index (χ1) is 8.90. The van der Waals surface area contributed by atoms with Gasteiger partial charge in [-0.3, -0.25) is 4.79 Å². The van der Waals surface area contributed by atoms with Crippen molar-refractivity contribution in [2.75, 3.05) is 10.6 Å². The molecule has 0 bridgehead atoms. The lowest BCUT2D eigenvalue weighted by Crippen LogP contribution is -2.34. The Morgan fingerprint density at radius 2 is 1.68 bits per heavy atom. The van der Waals surface area contributed by atoms with Gasteiger partial charge in [-0.05, 0) is 26.0 Å². The summed E-state index contributed by atoms with van der Waals surface area (Å²) in [4.78, 5) is 22.7. The first-order valence-corrected chi connectivity index (χ1v) is 6.09. The van der Waals surface area contributed by atoms with Crippen molar-refractivity contribution in [1.29, 1.82) is 0 Å². The first-order valence-electron chi connectivity index (χ1n) is 5.65. The molecule has 5 nitrogen and oxygen atoms in total. The average Bonchev–Trinajstić information content (AvgIpc) is 2.30. The van der Waals surface area contributed by atoms with Gasteiger partial charge in [-0.25, -0.2) is 9.18 Å². The highest BCUT2D eigenvalue weighted by molar-refractivity contribution is 6.31. The summed E-state index contributed by atoms with van der Waals surface area (Å²) < 4.78 is 12.6. The van der Waals surface area contributed by atoms with Crippen LogP contribution in [0, 0.1) is 0 Å². The SMILES string of the molecule is CC(C)NC(=O)Nc1ccccc1NC(=O)C(F)Cl. The number of carbonyl (C=O) groups excluding carboxylic acids is 2. The van der Waals surface area contributed by atoms with Crippen LogP contribution in [-0.2, 0) is 4.79 Å². The Kier molecular flexibility index (Phi) is 5.57. The summed E-state index contributed by atoms with van der Waals surface area (Å²) in [6.07, 6.45) is 0. The van der Waals surface area contributed by atoms with E-state index in [1.807, 2.05) is 13.8 Å². The highest BCUT2D eigenvalue weighted by Gasteiger charge is 2.15. The van der Waals surface area contributed by atoms with E-state index >= 15 is 0 Å². The summed E-state index contributed by atoms with van der Waals surface area (Å²) in [7, 11) is 0. The highest BCUT2D eigenvalue weighted by atomic mass is 35.5. The number of anilines is 2. The van der Waals surface area contributed by atoms with Gasteiger partial charge in [0, 0.05) is 6.04 Å². The third-order valence-corrected chi connectivity index (χ3v) is 2.25. The van der Waals surface area contributed by atoms with E-state index < -0.39 is 17.6 Å². The van der Waals surface area contributed by atoms with E-state index in [0.29, 0.717) is 5.69 Å². The molecule has 1 atom stereocenters. The van der Waals surface area contributed by atoms with Gasteiger partial charge in [0.2, 0.25) is 0 Å². The molecule has 1 aromatic rings. The minimum atomic E-state index is -2.14. The zero-order valence-corrected chi connectivity index (χ0v) is 11.3. The number of halogens is 2. The zero-order valence-electron chi connectivity index (χ0n) is 10.5. The summed E-state index contributed by atoms with van der Waals surface area (Å²) in [6.45, 7) is 3.63. The minimum absolute atomic E-state index is 0.0279. The van der Waals surface area contributed by atoms with Gasteiger partial charge in [0.25, 0.3) is 11.5 Å². The molecule has 0 aliphatic heterocycles. The van der Waals surface area contributed by atoms with Crippen LogP contribution >= 0.6 is 11.6 Å². The molecule has 1 aromatic carbocycles. The fourth-order valence-corrected chi connectivity index (χ4v) is 1.36. The summed E-state index contributed by atoms with van der Waals surface area (Å²) in [6, 6.07) is 5.98. The van der Waals surface area contributed by atoms with E-state index in [0.717, 1.165) is 0 Å². The van der Waals surface area contributed by atoms with Crippen molar-refractivity contribution >= 4 is 34.9 Å². The molecule has 0 aliphatic rings. The fourth-order valence-electron chi connectivity index (χ4n) is 1.31. The molecule has 3 N–H and O–H groups in total. The topological polar surface area (TPSA) is 70.2 Å². The van der Waals surface area contributed by atoms with Crippen LogP contribution in [0.15, 0.2) is 24.3 Å². The Morgan fingerprint density at radius 1 is 1.16 bits per heavy atom. The third-order valence-electron chi connectivity index (χ3n) is 2.05. The monoisotopic (exact) mass is 287 g/mol. The van der Waals surface area contributed by atoms with Gasteiger partial charge in [-0.2, -0.15) is 0 Å². The molecule has 0 spiro atoms. The molecule has 1 rings (SSSR count). The molecule has 0 saturated heterocycles. The number of amides is 3. The standard InChI is InChI=1S/C12H15ClFN3O2/c1-7(2)15-12(19)17-9-6-4-3-5-8(9)16-11(18)10(13)14/h3-7,10H,1-2H3,(H,16,18)(H2,15,17,19). The predicted octanol–water partition coefficient (Wildman–Crippen LogP) is 2.69. The molecule has 0 fully saturated rings. The van der Waals surface area contributed by atoms with Crippen molar-refractivity contribution in [1.82, 2.24) is 5.32 Å². The van der Waals surface area contributed by atoms with E-state index in [1.165, 1.54) is 6.07 Å². The van der Waals surface area contributed by atoms with Gasteiger partial charge in [0.05, 0.1) is 11.4 Å². The number of rotatable bonds is 4. The van der Waals surface area contributed by atoms with Crippen LogP contribution in [-0.4, -0.2) is 23.6 Å². The van der Waals surface area contributed by atoms with Crippen LogP contribution in [0.2, 0.25) is 0 Å². The van der Waals surface area contributed by atoms with E-state index in [9.17, 15) is 14.0 Å². The third kappa shape index (κ3) is 5.13. The lowest BCUT2D eigenvalue weighted by atomic mass is 10.2. The van der Waals surface area contributed by atoms with Crippen molar-refractivity contribution < 1.29 is 14.0 Å². The second kappa shape index (κ2) is 6.94. The molecule has 104 valence electrons. The van der Waals surface area contributed by atoms with Crippen molar-refractivity contribution in [2.24, 2.45) is 0 Å². The molecule has 0 aromatic heterocycles. The Bertz CT molecular complexity index is 466. The van der Waals surface area contributed by atoms with E-state index in [1.54, 1.807) is 18.2 Å². The molecule has 7 heteroatoms. The van der Waals surface area contributed by atoms with E-state index in [-0.39, 0.29) is 11.7 Å². The smallest absolute Gasteiger partial charge is 0.319 e. The molecule has 1 unspecified atom stereocenters. The van der Waals surface area contributed by atoms with E-state index in [4.69, 9.17) is 11.6 Å². The van der Waals surface area contributed by atoms with Crippen molar-refractivity contribution in [3.8, 4) is 0 Å². The van der Waals surface area contributed by atoms with Crippen molar-refractivity contribution in [2.45, 2.75) is 25.5 Å². The Morgan fingerprint density at radius 3 is 2.16 bits per heavy atom. The molecule has 0 radical (unpaired) electrons. The lowest BCUT2D eigenvalue weighted by molar-refractivity contribution is -0.118. The van der Waals surface area contributed by atoms with Gasteiger partial charge in [-0.15, -0.1) is 0 Å². The van der Waals surface area contributed by atoms with Gasteiger partial charge in [-0.1, -0.05) is 23.7 Å². The molecule has 0 heterocycles. The van der Waals surface area contributed by atoms with Gasteiger partial charge in [0.15, 0.2) is 0 Å². The van der Waals surface area contributed by atoms with Gasteiger partial charge < -0.3 is 16.0 Å².